The van der Waals surface area contributed by atoms with E-state index in [2.05, 4.69) is 0 Å². The Morgan fingerprint density at radius 3 is 2.44 bits per heavy atom. The Hall–Kier alpha value is -2.03. The van der Waals surface area contributed by atoms with Crippen LogP contribution in [-0.2, 0) is 6.18 Å². The number of rotatable bonds is 3. The Bertz CT molecular complexity index is 515. The molecule has 0 aromatic heterocycles. The highest BCUT2D eigenvalue weighted by molar-refractivity contribution is 5.97. The number of alkyl halides is 3. The van der Waals surface area contributed by atoms with Crippen LogP contribution < -0.4 is 4.74 Å². The number of Topliss-reactive ketones (excluding diaryl/α,β-unsaturated/α-hetero) is 1. The summed E-state index contributed by atoms with van der Waals surface area (Å²) in [6.45, 7) is 2.89. The van der Waals surface area contributed by atoms with Crippen LogP contribution in [0.3, 0.4) is 0 Å². The molecule has 0 aliphatic carbocycles. The summed E-state index contributed by atoms with van der Waals surface area (Å²) in [4.78, 5) is 11.3. The highest BCUT2D eigenvalue weighted by Crippen LogP contribution is 2.35. The van der Waals surface area contributed by atoms with E-state index in [1.807, 2.05) is 0 Å². The average molecular weight is 257 g/mol. The lowest BCUT2D eigenvalue weighted by Gasteiger charge is -2.13. The summed E-state index contributed by atoms with van der Waals surface area (Å²) >= 11 is 0. The molecule has 1 aromatic rings. The van der Waals surface area contributed by atoms with Crippen LogP contribution in [0.2, 0.25) is 0 Å². The average Bonchev–Trinajstić information content (AvgIpc) is 2.27. The molecule has 0 saturated carbocycles. The Morgan fingerprint density at radius 1 is 1.44 bits per heavy atom. The van der Waals surface area contributed by atoms with Gasteiger partial charge in [0.25, 0.3) is 0 Å². The molecule has 0 radical (unpaired) electrons. The van der Waals surface area contributed by atoms with Crippen LogP contribution in [0.15, 0.2) is 12.1 Å². The van der Waals surface area contributed by atoms with E-state index >= 15 is 0 Å². The lowest BCUT2D eigenvalue weighted by atomic mass is 10.0. The van der Waals surface area contributed by atoms with Crippen molar-refractivity contribution in [2.45, 2.75) is 20.0 Å². The van der Waals surface area contributed by atoms with Crippen molar-refractivity contribution in [1.29, 1.82) is 5.26 Å². The van der Waals surface area contributed by atoms with E-state index in [0.29, 0.717) is 12.1 Å². The maximum absolute atomic E-state index is 12.6. The van der Waals surface area contributed by atoms with E-state index in [0.717, 1.165) is 6.92 Å². The zero-order chi connectivity index (χ0) is 13.9. The van der Waals surface area contributed by atoms with Gasteiger partial charge in [-0.25, -0.2) is 0 Å². The van der Waals surface area contributed by atoms with E-state index in [1.165, 1.54) is 0 Å². The summed E-state index contributed by atoms with van der Waals surface area (Å²) in [6.07, 6.45) is -4.61. The number of hydrogen-bond acceptors (Lipinski definition) is 3. The van der Waals surface area contributed by atoms with E-state index in [4.69, 9.17) is 10.00 Å². The van der Waals surface area contributed by atoms with Crippen LogP contribution in [0.1, 0.15) is 35.3 Å². The highest BCUT2D eigenvalue weighted by Gasteiger charge is 2.33. The van der Waals surface area contributed by atoms with Gasteiger partial charge in [-0.2, -0.15) is 18.4 Å². The van der Waals surface area contributed by atoms with E-state index < -0.39 is 17.5 Å². The molecule has 0 aliphatic heterocycles. The van der Waals surface area contributed by atoms with Crippen molar-refractivity contribution >= 4 is 5.78 Å². The molecule has 0 fully saturated rings. The molecule has 18 heavy (non-hydrogen) atoms. The number of hydrogen-bond donors (Lipinski definition) is 0. The molecule has 96 valence electrons. The number of ether oxygens (including phenoxy) is 1. The fourth-order valence-corrected chi connectivity index (χ4v) is 1.44. The molecule has 0 N–H and O–H groups in total. The minimum atomic E-state index is -4.61. The fourth-order valence-electron chi connectivity index (χ4n) is 1.44. The normalized spacial score (nSPS) is 10.9. The monoisotopic (exact) mass is 257 g/mol. The van der Waals surface area contributed by atoms with E-state index in [1.54, 1.807) is 13.0 Å². The van der Waals surface area contributed by atoms with Gasteiger partial charge in [-0.05, 0) is 26.0 Å². The molecule has 1 rings (SSSR count). The topological polar surface area (TPSA) is 50.1 Å². The second-order valence-corrected chi connectivity index (χ2v) is 3.50. The highest BCUT2D eigenvalue weighted by atomic mass is 19.4. The first kappa shape index (κ1) is 14.0. The van der Waals surface area contributed by atoms with Crippen LogP contribution >= 0.6 is 0 Å². The fraction of sp³-hybridized carbons (Fsp3) is 0.333. The Labute approximate surface area is 102 Å². The largest absolute Gasteiger partial charge is 0.492 e. The molecule has 0 unspecified atom stereocenters. The SMILES string of the molecule is CCOc1c(C#N)cc(C(F)(F)F)cc1C(C)=O. The zero-order valence-electron chi connectivity index (χ0n) is 9.76. The smallest absolute Gasteiger partial charge is 0.416 e. The quantitative estimate of drug-likeness (QED) is 0.781. The number of carbonyl (C=O) groups is 1. The van der Waals surface area contributed by atoms with Gasteiger partial charge in [-0.1, -0.05) is 0 Å². The molecule has 1 aromatic carbocycles. The van der Waals surface area contributed by atoms with Gasteiger partial charge in [-0.3, -0.25) is 4.79 Å². The molecule has 3 nitrogen and oxygen atoms in total. The number of nitriles is 1. The predicted molar refractivity (Wildman–Crippen MR) is 57.3 cm³/mol. The van der Waals surface area contributed by atoms with Crippen molar-refractivity contribution in [3.8, 4) is 11.8 Å². The Balaban J connectivity index is 3.55. The zero-order valence-corrected chi connectivity index (χ0v) is 9.76. The molecule has 6 heteroatoms. The van der Waals surface area contributed by atoms with Crippen LogP contribution in [0.5, 0.6) is 5.75 Å². The van der Waals surface area contributed by atoms with E-state index in [9.17, 15) is 18.0 Å². The summed E-state index contributed by atoms with van der Waals surface area (Å²) in [6, 6.07) is 2.99. The van der Waals surface area contributed by atoms with Crippen LogP contribution in [0.4, 0.5) is 13.2 Å². The molecular weight excluding hydrogens is 247 g/mol. The number of ketones is 1. The standard InChI is InChI=1S/C12H10F3NO2/c1-3-18-11-8(6-16)4-9(12(13,14)15)5-10(11)7(2)17/h4-5H,3H2,1-2H3. The number of carbonyl (C=O) groups excluding carboxylic acids is 1. The van der Waals surface area contributed by atoms with Crippen molar-refractivity contribution < 1.29 is 22.7 Å². The van der Waals surface area contributed by atoms with Crippen molar-refractivity contribution in [2.75, 3.05) is 6.61 Å². The third-order valence-electron chi connectivity index (χ3n) is 2.20. The Kier molecular flexibility index (Phi) is 3.96. The third kappa shape index (κ3) is 2.80. The lowest BCUT2D eigenvalue weighted by molar-refractivity contribution is -0.137. The molecule has 0 saturated heterocycles. The van der Waals surface area contributed by atoms with Gasteiger partial charge in [0, 0.05) is 0 Å². The van der Waals surface area contributed by atoms with Gasteiger partial charge in [0.15, 0.2) is 5.78 Å². The number of halogens is 3. The van der Waals surface area contributed by atoms with Crippen molar-refractivity contribution in [1.82, 2.24) is 0 Å². The van der Waals surface area contributed by atoms with Gasteiger partial charge < -0.3 is 4.74 Å². The molecular formula is C12H10F3NO2. The second-order valence-electron chi connectivity index (χ2n) is 3.50. The number of nitrogens with zero attached hydrogens (tertiary/aromatic N) is 1. The van der Waals surface area contributed by atoms with E-state index in [-0.39, 0.29) is 23.5 Å². The minimum absolute atomic E-state index is 0.0968. The van der Waals surface area contributed by atoms with Crippen LogP contribution in [0.25, 0.3) is 0 Å². The summed E-state index contributed by atoms with van der Waals surface area (Å²) in [5.41, 5.74) is -1.56. The molecule has 0 aliphatic rings. The first-order chi connectivity index (χ1) is 8.31. The summed E-state index contributed by atoms with van der Waals surface area (Å²) in [7, 11) is 0. The summed E-state index contributed by atoms with van der Waals surface area (Å²) in [5.74, 6) is -0.679. The summed E-state index contributed by atoms with van der Waals surface area (Å²) in [5, 5.41) is 8.83. The predicted octanol–water partition coefficient (Wildman–Crippen LogP) is 3.18. The maximum Gasteiger partial charge on any atom is 0.416 e. The first-order valence-corrected chi connectivity index (χ1v) is 5.10. The van der Waals surface area contributed by atoms with Gasteiger partial charge in [0.05, 0.1) is 23.3 Å². The minimum Gasteiger partial charge on any atom is -0.492 e. The van der Waals surface area contributed by atoms with Gasteiger partial charge in [0.2, 0.25) is 0 Å². The van der Waals surface area contributed by atoms with Crippen molar-refractivity contribution in [3.63, 3.8) is 0 Å². The third-order valence-corrected chi connectivity index (χ3v) is 2.20. The molecule has 0 bridgehead atoms. The molecule has 0 amide bonds. The van der Waals surface area contributed by atoms with Gasteiger partial charge in [-0.15, -0.1) is 0 Å². The molecule has 0 spiro atoms. The molecule has 0 heterocycles. The van der Waals surface area contributed by atoms with Gasteiger partial charge >= 0.3 is 6.18 Å². The Morgan fingerprint density at radius 2 is 2.06 bits per heavy atom. The van der Waals surface area contributed by atoms with Crippen LogP contribution in [-0.4, -0.2) is 12.4 Å². The number of benzene rings is 1. The lowest BCUT2D eigenvalue weighted by Crippen LogP contribution is -2.10. The summed E-state index contributed by atoms with van der Waals surface area (Å²) < 4.78 is 42.9. The maximum atomic E-state index is 12.6. The second kappa shape index (κ2) is 5.08. The van der Waals surface area contributed by atoms with Crippen molar-refractivity contribution in [3.05, 3.63) is 28.8 Å². The first-order valence-electron chi connectivity index (χ1n) is 5.10. The van der Waals surface area contributed by atoms with Crippen molar-refractivity contribution in [2.24, 2.45) is 0 Å². The molecule has 0 atom stereocenters. The van der Waals surface area contributed by atoms with Crippen LogP contribution in [0, 0.1) is 11.3 Å². The van der Waals surface area contributed by atoms with Gasteiger partial charge in [0.1, 0.15) is 11.8 Å².